The molecule has 0 saturated heterocycles. The Bertz CT molecular complexity index is 654. The number of nitrogens with one attached hydrogen (secondary N) is 1. The molecule has 0 spiro atoms. The van der Waals surface area contributed by atoms with Crippen molar-refractivity contribution < 1.29 is 14.0 Å². The molecule has 3 N–H and O–H groups in total. The van der Waals surface area contributed by atoms with Gasteiger partial charge < -0.3 is 10.2 Å². The van der Waals surface area contributed by atoms with Crippen molar-refractivity contribution in [1.82, 2.24) is 15.5 Å². The van der Waals surface area contributed by atoms with Crippen molar-refractivity contribution in [3.63, 3.8) is 0 Å². The van der Waals surface area contributed by atoms with Crippen molar-refractivity contribution in [1.29, 1.82) is 0 Å². The highest BCUT2D eigenvalue weighted by Gasteiger charge is 2.19. The lowest BCUT2D eigenvalue weighted by Gasteiger charge is -2.06. The van der Waals surface area contributed by atoms with Crippen LogP contribution in [0.5, 0.6) is 0 Å². The highest BCUT2D eigenvalue weighted by Crippen LogP contribution is 2.26. The van der Waals surface area contributed by atoms with E-state index in [1.807, 2.05) is 36.5 Å². The summed E-state index contributed by atoms with van der Waals surface area (Å²) in [5, 5.41) is 9.46. The smallest absolute Gasteiger partial charge is 0.318 e. The summed E-state index contributed by atoms with van der Waals surface area (Å²) in [6.07, 6.45) is 0. The number of urea groups is 1. The molecule has 1 aromatic carbocycles. The standard InChI is InChI=1S/C13H14N4O3S/c1-7-3-5-9(6-4-7)11-16-17-13(20-11)21-8(2)10(18)15-12(14)19/h3-6,8H,1-2H3,(H3,14,15,18,19). The molecule has 0 saturated carbocycles. The Balaban J connectivity index is 2.04. The second-order valence-corrected chi connectivity index (χ2v) is 5.64. The minimum Gasteiger partial charge on any atom is -0.411 e. The van der Waals surface area contributed by atoms with Gasteiger partial charge in [-0.1, -0.05) is 29.5 Å². The monoisotopic (exact) mass is 306 g/mol. The summed E-state index contributed by atoms with van der Waals surface area (Å²) in [6, 6.07) is 6.74. The topological polar surface area (TPSA) is 111 Å². The van der Waals surface area contributed by atoms with E-state index in [1.54, 1.807) is 6.92 Å². The lowest BCUT2D eigenvalue weighted by molar-refractivity contribution is -0.119. The largest absolute Gasteiger partial charge is 0.411 e. The molecular weight excluding hydrogens is 292 g/mol. The molecule has 1 unspecified atom stereocenters. The van der Waals surface area contributed by atoms with Crippen molar-refractivity contribution in [2.45, 2.75) is 24.3 Å². The Morgan fingerprint density at radius 1 is 1.29 bits per heavy atom. The Morgan fingerprint density at radius 2 is 1.95 bits per heavy atom. The number of primary amides is 1. The number of hydrogen-bond donors (Lipinski definition) is 2. The molecule has 0 bridgehead atoms. The van der Waals surface area contributed by atoms with E-state index >= 15 is 0 Å². The average Bonchev–Trinajstić information content (AvgIpc) is 2.87. The normalized spacial score (nSPS) is 11.9. The van der Waals surface area contributed by atoms with Crippen LogP contribution in [-0.4, -0.2) is 27.4 Å². The fourth-order valence-corrected chi connectivity index (χ4v) is 2.18. The molecule has 21 heavy (non-hydrogen) atoms. The van der Waals surface area contributed by atoms with Crippen LogP contribution in [0.4, 0.5) is 4.79 Å². The van der Waals surface area contributed by atoms with Gasteiger partial charge in [0.2, 0.25) is 11.8 Å². The highest BCUT2D eigenvalue weighted by atomic mass is 32.2. The summed E-state index contributed by atoms with van der Waals surface area (Å²) >= 11 is 1.05. The summed E-state index contributed by atoms with van der Waals surface area (Å²) in [7, 11) is 0. The number of carbonyl (C=O) groups is 2. The first-order chi connectivity index (χ1) is 9.95. The van der Waals surface area contributed by atoms with Gasteiger partial charge in [0.15, 0.2) is 0 Å². The van der Waals surface area contributed by atoms with Gasteiger partial charge in [0.25, 0.3) is 5.22 Å². The number of hydrogen-bond acceptors (Lipinski definition) is 6. The molecule has 0 aliphatic heterocycles. The van der Waals surface area contributed by atoms with E-state index < -0.39 is 17.2 Å². The molecule has 0 aliphatic carbocycles. The van der Waals surface area contributed by atoms with Crippen molar-refractivity contribution in [2.75, 3.05) is 0 Å². The van der Waals surface area contributed by atoms with E-state index in [0.717, 1.165) is 22.9 Å². The maximum absolute atomic E-state index is 11.5. The molecule has 1 aromatic heterocycles. The third-order valence-corrected chi connectivity index (χ3v) is 3.53. The Labute approximate surface area is 125 Å². The summed E-state index contributed by atoms with van der Waals surface area (Å²) in [5.74, 6) is -0.136. The minimum absolute atomic E-state index is 0.248. The predicted molar refractivity (Wildman–Crippen MR) is 77.5 cm³/mol. The van der Waals surface area contributed by atoms with Crippen molar-refractivity contribution in [3.8, 4) is 11.5 Å². The Morgan fingerprint density at radius 3 is 2.57 bits per heavy atom. The van der Waals surface area contributed by atoms with Crippen molar-refractivity contribution in [2.24, 2.45) is 5.73 Å². The van der Waals surface area contributed by atoms with Gasteiger partial charge in [-0.3, -0.25) is 10.1 Å². The van der Waals surface area contributed by atoms with Gasteiger partial charge in [-0.15, -0.1) is 10.2 Å². The number of aromatic nitrogens is 2. The molecule has 110 valence electrons. The zero-order chi connectivity index (χ0) is 15.4. The van der Waals surface area contributed by atoms with Crippen LogP contribution in [0.15, 0.2) is 33.9 Å². The molecule has 0 fully saturated rings. The lowest BCUT2D eigenvalue weighted by atomic mass is 10.1. The van der Waals surface area contributed by atoms with E-state index in [4.69, 9.17) is 10.2 Å². The fraction of sp³-hybridized carbons (Fsp3) is 0.231. The highest BCUT2D eigenvalue weighted by molar-refractivity contribution is 8.00. The SMILES string of the molecule is Cc1ccc(-c2nnc(SC(C)C(=O)NC(N)=O)o2)cc1. The van der Waals surface area contributed by atoms with Crippen LogP contribution < -0.4 is 11.1 Å². The third-order valence-electron chi connectivity index (χ3n) is 2.60. The quantitative estimate of drug-likeness (QED) is 0.832. The molecule has 8 heteroatoms. The number of imide groups is 1. The van der Waals surface area contributed by atoms with Gasteiger partial charge in [-0.25, -0.2) is 4.79 Å². The van der Waals surface area contributed by atoms with Gasteiger partial charge in [0, 0.05) is 5.56 Å². The zero-order valence-corrected chi connectivity index (χ0v) is 12.3. The van der Waals surface area contributed by atoms with E-state index in [-0.39, 0.29) is 5.22 Å². The molecule has 1 atom stereocenters. The lowest BCUT2D eigenvalue weighted by Crippen LogP contribution is -2.39. The summed E-state index contributed by atoms with van der Waals surface area (Å²) in [4.78, 5) is 22.2. The number of nitrogens with zero attached hydrogens (tertiary/aromatic N) is 2. The predicted octanol–water partition coefficient (Wildman–Crippen LogP) is 1.72. The maximum Gasteiger partial charge on any atom is 0.318 e. The van der Waals surface area contributed by atoms with Crippen LogP contribution in [0.3, 0.4) is 0 Å². The molecule has 3 amide bonds. The second-order valence-electron chi connectivity index (χ2n) is 4.35. The summed E-state index contributed by atoms with van der Waals surface area (Å²) < 4.78 is 5.48. The number of aryl methyl sites for hydroxylation is 1. The van der Waals surface area contributed by atoms with Gasteiger partial charge >= 0.3 is 6.03 Å². The molecular formula is C13H14N4O3S. The first kappa shape index (κ1) is 15.0. The molecule has 2 rings (SSSR count). The molecule has 0 aliphatic rings. The van der Waals surface area contributed by atoms with Crippen LogP contribution in [0.25, 0.3) is 11.5 Å². The minimum atomic E-state index is -0.890. The second kappa shape index (κ2) is 6.40. The van der Waals surface area contributed by atoms with Crippen molar-refractivity contribution in [3.05, 3.63) is 29.8 Å². The number of rotatable bonds is 4. The zero-order valence-electron chi connectivity index (χ0n) is 11.5. The van der Waals surface area contributed by atoms with E-state index in [9.17, 15) is 9.59 Å². The number of benzene rings is 1. The van der Waals surface area contributed by atoms with E-state index in [0.29, 0.717) is 5.89 Å². The molecule has 0 radical (unpaired) electrons. The van der Waals surface area contributed by atoms with Gasteiger partial charge in [-0.2, -0.15) is 0 Å². The third kappa shape index (κ3) is 4.06. The summed E-state index contributed by atoms with van der Waals surface area (Å²) in [6.45, 7) is 3.59. The molecule has 7 nitrogen and oxygen atoms in total. The van der Waals surface area contributed by atoms with Gasteiger partial charge in [0.1, 0.15) is 0 Å². The Hall–Kier alpha value is -2.35. The van der Waals surface area contributed by atoms with Crippen LogP contribution >= 0.6 is 11.8 Å². The van der Waals surface area contributed by atoms with Crippen LogP contribution in [0, 0.1) is 6.92 Å². The average molecular weight is 306 g/mol. The number of amides is 3. The number of carbonyl (C=O) groups excluding carboxylic acids is 2. The first-order valence-electron chi connectivity index (χ1n) is 6.13. The Kier molecular flexibility index (Phi) is 4.59. The van der Waals surface area contributed by atoms with E-state index in [2.05, 4.69) is 10.2 Å². The number of nitrogens with two attached hydrogens (primary N) is 1. The fourth-order valence-electron chi connectivity index (χ4n) is 1.50. The molecule has 2 aromatic rings. The van der Waals surface area contributed by atoms with E-state index in [1.165, 1.54) is 0 Å². The van der Waals surface area contributed by atoms with Crippen LogP contribution in [-0.2, 0) is 4.79 Å². The summed E-state index contributed by atoms with van der Waals surface area (Å²) in [5.41, 5.74) is 6.81. The first-order valence-corrected chi connectivity index (χ1v) is 7.01. The van der Waals surface area contributed by atoms with Gasteiger partial charge in [0.05, 0.1) is 5.25 Å². The van der Waals surface area contributed by atoms with Crippen molar-refractivity contribution >= 4 is 23.7 Å². The van der Waals surface area contributed by atoms with Crippen LogP contribution in [0.1, 0.15) is 12.5 Å². The van der Waals surface area contributed by atoms with Crippen LogP contribution in [0.2, 0.25) is 0 Å². The maximum atomic E-state index is 11.5. The number of thioether (sulfide) groups is 1. The van der Waals surface area contributed by atoms with Gasteiger partial charge in [-0.05, 0) is 26.0 Å². The molecule has 1 heterocycles.